The quantitative estimate of drug-likeness (QED) is 0.347. The molecular formula is C27H39F3O5. The Labute approximate surface area is 205 Å². The van der Waals surface area contributed by atoms with Crippen molar-refractivity contribution in [3.63, 3.8) is 0 Å². The molecule has 0 amide bonds. The summed E-state index contributed by atoms with van der Waals surface area (Å²) in [5.74, 6) is -0.308. The van der Waals surface area contributed by atoms with E-state index in [0.717, 1.165) is 37.7 Å². The van der Waals surface area contributed by atoms with Gasteiger partial charge in [0.1, 0.15) is 6.10 Å². The highest BCUT2D eigenvalue weighted by molar-refractivity contribution is 5.69. The lowest BCUT2D eigenvalue weighted by Crippen LogP contribution is -2.43. The molecule has 35 heavy (non-hydrogen) atoms. The summed E-state index contributed by atoms with van der Waals surface area (Å²) in [4.78, 5) is 12.3. The van der Waals surface area contributed by atoms with Gasteiger partial charge < -0.3 is 20.1 Å². The Morgan fingerprint density at radius 1 is 1.23 bits per heavy atom. The van der Waals surface area contributed by atoms with E-state index in [1.807, 2.05) is 13.0 Å². The van der Waals surface area contributed by atoms with Crippen LogP contribution in [0.3, 0.4) is 0 Å². The molecule has 3 fully saturated rings. The number of hydrogen-bond acceptors (Lipinski definition) is 5. The van der Waals surface area contributed by atoms with E-state index in [9.17, 15) is 33.3 Å². The number of carbonyl (C=O) groups excluding carboxylic acids is 1. The van der Waals surface area contributed by atoms with Crippen LogP contribution in [0.2, 0.25) is 0 Å². The van der Waals surface area contributed by atoms with Gasteiger partial charge in [0.15, 0.2) is 5.60 Å². The topological polar surface area (TPSA) is 87.0 Å². The molecule has 0 spiro atoms. The summed E-state index contributed by atoms with van der Waals surface area (Å²) in [6.07, 6.45) is 1.93. The van der Waals surface area contributed by atoms with Gasteiger partial charge in [-0.1, -0.05) is 36.8 Å². The molecule has 3 saturated carbocycles. The van der Waals surface area contributed by atoms with Gasteiger partial charge in [-0.3, -0.25) is 4.79 Å². The molecule has 3 aliphatic carbocycles. The van der Waals surface area contributed by atoms with Crippen molar-refractivity contribution in [1.82, 2.24) is 0 Å². The van der Waals surface area contributed by atoms with Crippen molar-refractivity contribution in [1.29, 1.82) is 0 Å². The van der Waals surface area contributed by atoms with Crippen LogP contribution in [-0.4, -0.2) is 51.4 Å². The van der Waals surface area contributed by atoms with Crippen molar-refractivity contribution in [3.8, 4) is 0 Å². The third-order valence-corrected chi connectivity index (χ3v) is 8.65. The van der Waals surface area contributed by atoms with Crippen LogP contribution in [0.1, 0.15) is 78.6 Å². The Kier molecular flexibility index (Phi) is 8.29. The number of halogens is 3. The normalized spacial score (nSPS) is 35.4. The van der Waals surface area contributed by atoms with Crippen LogP contribution in [0.5, 0.6) is 0 Å². The zero-order valence-electron chi connectivity index (χ0n) is 20.9. The van der Waals surface area contributed by atoms with E-state index in [0.29, 0.717) is 31.3 Å². The number of allylic oxidation sites excluding steroid dienone is 3. The fraction of sp³-hybridized carbons (Fsp3) is 0.741. The highest BCUT2D eigenvalue weighted by Crippen LogP contribution is 2.58. The van der Waals surface area contributed by atoms with Crippen molar-refractivity contribution in [2.24, 2.45) is 17.3 Å². The minimum absolute atomic E-state index is 0.0837. The van der Waals surface area contributed by atoms with Gasteiger partial charge in [-0.25, -0.2) is 0 Å². The Morgan fingerprint density at radius 2 is 1.86 bits per heavy atom. The highest BCUT2D eigenvalue weighted by Gasteiger charge is 2.52. The molecule has 1 unspecified atom stereocenters. The number of aliphatic hydroxyl groups is 3. The maximum Gasteiger partial charge on any atom is 0.416 e. The molecule has 5 nitrogen and oxygen atoms in total. The first-order chi connectivity index (χ1) is 16.2. The summed E-state index contributed by atoms with van der Waals surface area (Å²) in [6.45, 7) is 8.45. The van der Waals surface area contributed by atoms with Gasteiger partial charge >= 0.3 is 12.1 Å². The predicted molar refractivity (Wildman–Crippen MR) is 126 cm³/mol. The number of rotatable bonds is 6. The second-order valence-electron chi connectivity index (χ2n) is 11.1. The molecule has 3 rings (SSSR count). The number of carbonyl (C=O) groups is 1. The van der Waals surface area contributed by atoms with Crippen LogP contribution in [0.15, 0.2) is 35.5 Å². The zero-order chi connectivity index (χ0) is 26.2. The highest BCUT2D eigenvalue weighted by atomic mass is 19.4. The van der Waals surface area contributed by atoms with Gasteiger partial charge in [0.2, 0.25) is 0 Å². The Morgan fingerprint density at radius 3 is 2.46 bits per heavy atom. The average Bonchev–Trinajstić information content (AvgIpc) is 3.11. The second-order valence-corrected chi connectivity index (χ2v) is 11.1. The van der Waals surface area contributed by atoms with E-state index in [-0.39, 0.29) is 11.3 Å². The van der Waals surface area contributed by atoms with Crippen molar-refractivity contribution in [2.75, 3.05) is 0 Å². The lowest BCUT2D eigenvalue weighted by Gasteiger charge is -2.44. The summed E-state index contributed by atoms with van der Waals surface area (Å²) < 4.78 is 44.2. The molecule has 8 heteroatoms. The van der Waals surface area contributed by atoms with Crippen LogP contribution >= 0.6 is 0 Å². The van der Waals surface area contributed by atoms with Crippen molar-refractivity contribution < 1.29 is 38.0 Å². The number of hydrogen-bond donors (Lipinski definition) is 3. The third-order valence-electron chi connectivity index (χ3n) is 8.65. The van der Waals surface area contributed by atoms with Gasteiger partial charge in [0.05, 0.1) is 12.2 Å². The number of fused-ring (bicyclic) bond motifs is 1. The summed E-state index contributed by atoms with van der Waals surface area (Å²) >= 11 is 0. The van der Waals surface area contributed by atoms with Crippen LogP contribution in [-0.2, 0) is 9.53 Å². The molecule has 0 aromatic heterocycles. The second kappa shape index (κ2) is 10.4. The van der Waals surface area contributed by atoms with Gasteiger partial charge in [0.25, 0.3) is 0 Å². The Balaban J connectivity index is 1.64. The van der Waals surface area contributed by atoms with Crippen molar-refractivity contribution in [3.05, 3.63) is 35.5 Å². The molecule has 0 bridgehead atoms. The molecule has 0 radical (unpaired) electrons. The maximum absolute atomic E-state index is 12.9. The molecule has 0 aromatic rings. The molecule has 3 aliphatic rings. The SMILES string of the molecule is C=C1[C@H](O)CC(=CC=C2CCC[C@]3(C)[C@@H]([C@H](C)OC(=O)CCC(C)(O)C(F)(F)F)CC[C@@H]23)C[C@H]1O. The first kappa shape index (κ1) is 27.9. The van der Waals surface area contributed by atoms with E-state index in [1.54, 1.807) is 0 Å². The molecule has 3 N–H and O–H groups in total. The molecular weight excluding hydrogens is 461 g/mol. The lowest BCUT2D eigenvalue weighted by atomic mass is 9.62. The summed E-state index contributed by atoms with van der Waals surface area (Å²) in [5, 5.41) is 29.8. The standard InChI is InChI=1S/C27H39F3O5/c1-16-22(31)14-18(15-23(16)32)7-8-19-6-5-12-25(3)20(9-10-21(19)25)17(2)35-24(33)11-13-26(4,34)27(28,29)30/h7-8,17,20-23,31-32,34H,1,5-6,9-15H2,2-4H3/t17-,20+,21-,22+,23+,25+,26?/m0/s1. The smallest absolute Gasteiger partial charge is 0.416 e. The fourth-order valence-corrected chi connectivity index (χ4v) is 6.31. The maximum atomic E-state index is 12.9. The molecule has 198 valence electrons. The van der Waals surface area contributed by atoms with E-state index in [4.69, 9.17) is 4.74 Å². The lowest BCUT2D eigenvalue weighted by molar-refractivity contribution is -0.255. The number of alkyl halides is 3. The number of ether oxygens (including phenoxy) is 1. The van der Waals surface area contributed by atoms with Gasteiger partial charge in [-0.05, 0) is 82.1 Å². The zero-order valence-corrected chi connectivity index (χ0v) is 20.9. The van der Waals surface area contributed by atoms with Gasteiger partial charge in [-0.15, -0.1) is 0 Å². The summed E-state index contributed by atoms with van der Waals surface area (Å²) in [7, 11) is 0. The first-order valence-electron chi connectivity index (χ1n) is 12.6. The summed E-state index contributed by atoms with van der Waals surface area (Å²) in [5.41, 5.74) is -0.232. The van der Waals surface area contributed by atoms with Crippen LogP contribution in [0.4, 0.5) is 13.2 Å². The molecule has 0 aliphatic heterocycles. The first-order valence-corrected chi connectivity index (χ1v) is 12.6. The average molecular weight is 501 g/mol. The molecule has 0 aromatic carbocycles. The minimum atomic E-state index is -4.80. The van der Waals surface area contributed by atoms with Gasteiger partial charge in [0, 0.05) is 12.3 Å². The molecule has 7 atom stereocenters. The van der Waals surface area contributed by atoms with Crippen molar-refractivity contribution >= 4 is 5.97 Å². The summed E-state index contributed by atoms with van der Waals surface area (Å²) in [6, 6.07) is 0. The largest absolute Gasteiger partial charge is 0.462 e. The van der Waals surface area contributed by atoms with E-state index in [1.165, 1.54) is 5.57 Å². The van der Waals surface area contributed by atoms with E-state index < -0.39 is 48.9 Å². The van der Waals surface area contributed by atoms with Crippen LogP contribution in [0, 0.1) is 17.3 Å². The monoisotopic (exact) mass is 500 g/mol. The third kappa shape index (κ3) is 6.03. The van der Waals surface area contributed by atoms with Crippen LogP contribution < -0.4 is 0 Å². The minimum Gasteiger partial charge on any atom is -0.462 e. The van der Waals surface area contributed by atoms with E-state index in [2.05, 4.69) is 19.6 Å². The van der Waals surface area contributed by atoms with Crippen LogP contribution in [0.25, 0.3) is 0 Å². The van der Waals surface area contributed by atoms with E-state index >= 15 is 0 Å². The molecule has 0 saturated heterocycles. The number of esters is 1. The number of aliphatic hydroxyl groups excluding tert-OH is 2. The molecule has 0 heterocycles. The Hall–Kier alpha value is -1.64. The predicted octanol–water partition coefficient (Wildman–Crippen LogP) is 5.15. The van der Waals surface area contributed by atoms with Gasteiger partial charge in [-0.2, -0.15) is 13.2 Å². The van der Waals surface area contributed by atoms with Crippen molar-refractivity contribution in [2.45, 2.75) is 109 Å². The Bertz CT molecular complexity index is 859. The fourth-order valence-electron chi connectivity index (χ4n) is 6.31.